The predicted molar refractivity (Wildman–Crippen MR) is 125 cm³/mol. The Morgan fingerprint density at radius 1 is 0.800 bits per heavy atom. The lowest BCUT2D eigenvalue weighted by Crippen LogP contribution is -2.26. The van der Waals surface area contributed by atoms with Gasteiger partial charge < -0.3 is 4.74 Å². The highest BCUT2D eigenvalue weighted by Gasteiger charge is 2.26. The molecule has 0 bridgehead atoms. The normalized spacial score (nSPS) is 12.6. The molecule has 0 aliphatic heterocycles. The number of ether oxygens (including phenoxy) is 1. The van der Waals surface area contributed by atoms with E-state index in [0.29, 0.717) is 5.30 Å². The molecule has 3 aromatic carbocycles. The zero-order valence-corrected chi connectivity index (χ0v) is 19.9. The van der Waals surface area contributed by atoms with E-state index in [4.69, 9.17) is 4.74 Å². The van der Waals surface area contributed by atoms with Gasteiger partial charge in [0.2, 0.25) is 0 Å². The maximum atomic E-state index is 12.2. The van der Waals surface area contributed by atoms with Gasteiger partial charge in [0.05, 0.1) is 7.11 Å². The topological polar surface area (TPSA) is 63.6 Å². The molecule has 0 aliphatic rings. The zero-order chi connectivity index (χ0) is 22.2. The van der Waals surface area contributed by atoms with Crippen molar-refractivity contribution in [2.24, 2.45) is 0 Å². The molecular formula is C24H27O4PS. The molecule has 0 fully saturated rings. The van der Waals surface area contributed by atoms with Crippen molar-refractivity contribution in [3.8, 4) is 5.75 Å². The summed E-state index contributed by atoms with van der Waals surface area (Å²) in [5, 5.41) is 2.67. The summed E-state index contributed by atoms with van der Waals surface area (Å²) in [6.07, 6.45) is 0. The third-order valence-electron chi connectivity index (χ3n) is 5.46. The molecule has 0 heterocycles. The van der Waals surface area contributed by atoms with Crippen molar-refractivity contribution in [3.05, 3.63) is 76.3 Å². The van der Waals surface area contributed by atoms with E-state index < -0.39 is 18.0 Å². The number of hydrogen-bond donors (Lipinski definition) is 1. The first-order valence-corrected chi connectivity index (χ1v) is 12.4. The minimum atomic E-state index is -4.36. The Morgan fingerprint density at radius 2 is 1.27 bits per heavy atom. The Morgan fingerprint density at radius 3 is 1.73 bits per heavy atom. The quantitative estimate of drug-likeness (QED) is 0.474. The Labute approximate surface area is 180 Å². The summed E-state index contributed by atoms with van der Waals surface area (Å²) in [5.41, 5.74) is 5.52. The van der Waals surface area contributed by atoms with Crippen molar-refractivity contribution in [1.82, 2.24) is 0 Å². The monoisotopic (exact) mass is 442 g/mol. The molecule has 0 saturated heterocycles. The third kappa shape index (κ3) is 4.29. The fourth-order valence-electron chi connectivity index (χ4n) is 3.81. The van der Waals surface area contributed by atoms with Crippen LogP contribution in [0.2, 0.25) is 0 Å². The average molecular weight is 443 g/mol. The molecule has 0 aliphatic carbocycles. The molecule has 1 atom stereocenters. The van der Waals surface area contributed by atoms with Crippen LogP contribution in [0, 0.1) is 34.6 Å². The molecule has 3 aromatic rings. The van der Waals surface area contributed by atoms with Crippen molar-refractivity contribution >= 4 is 34.0 Å². The van der Waals surface area contributed by atoms with Crippen molar-refractivity contribution in [2.75, 3.05) is 7.11 Å². The van der Waals surface area contributed by atoms with E-state index in [1.54, 1.807) is 19.2 Å². The Hall–Kier alpha value is -2.20. The van der Waals surface area contributed by atoms with Gasteiger partial charge >= 0.3 is 0 Å². The van der Waals surface area contributed by atoms with Gasteiger partial charge in [-0.2, -0.15) is 8.42 Å². The molecule has 0 spiro atoms. The van der Waals surface area contributed by atoms with E-state index in [-0.39, 0.29) is 4.90 Å². The summed E-state index contributed by atoms with van der Waals surface area (Å²) in [6, 6.07) is 15.1. The largest absolute Gasteiger partial charge is 0.496 e. The minimum absolute atomic E-state index is 0.0434. The number of rotatable bonds is 5. The highest BCUT2D eigenvalue weighted by atomic mass is 32.2. The molecule has 158 valence electrons. The van der Waals surface area contributed by atoms with Crippen LogP contribution in [0.5, 0.6) is 5.75 Å². The van der Waals surface area contributed by atoms with Gasteiger partial charge in [-0.15, -0.1) is 0 Å². The predicted octanol–water partition coefficient (Wildman–Crippen LogP) is 4.24. The van der Waals surface area contributed by atoms with Gasteiger partial charge in [0, 0.05) is 5.30 Å². The van der Waals surface area contributed by atoms with Crippen LogP contribution in [-0.4, -0.2) is 20.1 Å². The van der Waals surface area contributed by atoms with Gasteiger partial charge in [-0.25, -0.2) is 0 Å². The maximum Gasteiger partial charge on any atom is 0.295 e. The van der Waals surface area contributed by atoms with Crippen LogP contribution in [0.25, 0.3) is 0 Å². The molecule has 6 heteroatoms. The van der Waals surface area contributed by atoms with Crippen molar-refractivity contribution in [1.29, 1.82) is 0 Å². The van der Waals surface area contributed by atoms with Gasteiger partial charge in [-0.3, -0.25) is 4.55 Å². The first kappa shape index (κ1) is 22.5. The fourth-order valence-corrected chi connectivity index (χ4v) is 7.69. The molecule has 0 amide bonds. The van der Waals surface area contributed by atoms with E-state index >= 15 is 0 Å². The van der Waals surface area contributed by atoms with E-state index in [9.17, 15) is 13.0 Å². The summed E-state index contributed by atoms with van der Waals surface area (Å²) in [6.45, 7) is 10.2. The lowest BCUT2D eigenvalue weighted by Gasteiger charge is -2.24. The van der Waals surface area contributed by atoms with E-state index in [0.717, 1.165) is 38.6 Å². The molecule has 0 saturated carbocycles. The van der Waals surface area contributed by atoms with Gasteiger partial charge in [-0.1, -0.05) is 30.3 Å². The second kappa shape index (κ2) is 8.50. The SMILES string of the molecule is COc1c(C)cc(P(c2cc(C)c(C)c(C)c2)c2ccccc2S(=O)(=O)O)cc1C. The van der Waals surface area contributed by atoms with Crippen molar-refractivity contribution < 1.29 is 17.7 Å². The first-order chi connectivity index (χ1) is 14.0. The first-order valence-electron chi connectivity index (χ1n) is 9.64. The molecule has 4 nitrogen and oxygen atoms in total. The summed E-state index contributed by atoms with van der Waals surface area (Å²) in [4.78, 5) is -0.0434. The summed E-state index contributed by atoms with van der Waals surface area (Å²) in [5.74, 6) is 0.827. The Bertz CT molecular complexity index is 1170. The lowest BCUT2D eigenvalue weighted by molar-refractivity contribution is 0.408. The van der Waals surface area contributed by atoms with Crippen LogP contribution in [0.1, 0.15) is 27.8 Å². The van der Waals surface area contributed by atoms with Crippen LogP contribution < -0.4 is 20.7 Å². The summed E-state index contributed by atoms with van der Waals surface area (Å²) >= 11 is 0. The van der Waals surface area contributed by atoms with Crippen molar-refractivity contribution in [3.63, 3.8) is 0 Å². The van der Waals surface area contributed by atoms with Crippen LogP contribution in [0.4, 0.5) is 0 Å². The highest BCUT2D eigenvalue weighted by Crippen LogP contribution is 2.38. The van der Waals surface area contributed by atoms with Crippen molar-refractivity contribution in [2.45, 2.75) is 39.5 Å². The summed E-state index contributed by atoms with van der Waals surface area (Å²) in [7, 11) is -3.93. The van der Waals surface area contributed by atoms with Crippen LogP contribution in [0.15, 0.2) is 53.4 Å². The van der Waals surface area contributed by atoms with Gasteiger partial charge in [0.25, 0.3) is 10.1 Å². The molecular weight excluding hydrogens is 415 g/mol. The van der Waals surface area contributed by atoms with Crippen LogP contribution in [-0.2, 0) is 10.1 Å². The number of hydrogen-bond acceptors (Lipinski definition) is 3. The maximum absolute atomic E-state index is 12.2. The molecule has 1 N–H and O–H groups in total. The van der Waals surface area contributed by atoms with Gasteiger partial charge in [-0.05, 0) is 99.2 Å². The second-order valence-corrected chi connectivity index (χ2v) is 11.2. The zero-order valence-electron chi connectivity index (χ0n) is 18.1. The summed E-state index contributed by atoms with van der Waals surface area (Å²) < 4.78 is 39.8. The van der Waals surface area contributed by atoms with E-state index in [1.807, 2.05) is 19.9 Å². The van der Waals surface area contributed by atoms with E-state index in [2.05, 4.69) is 45.0 Å². The molecule has 0 aromatic heterocycles. The lowest BCUT2D eigenvalue weighted by atomic mass is 10.1. The molecule has 0 radical (unpaired) electrons. The van der Waals surface area contributed by atoms with Gasteiger partial charge in [0.1, 0.15) is 10.6 Å². The minimum Gasteiger partial charge on any atom is -0.496 e. The standard InChI is InChI=1S/C24H27O4PS/c1-15-11-20(12-16(2)19(15)5)29(21-13-17(3)24(28-6)18(4)14-21)22-9-7-8-10-23(22)30(25,26)27/h7-14H,1-6H3,(H,25,26,27). The second-order valence-electron chi connectivity index (χ2n) is 7.60. The molecule has 1 unspecified atom stereocenters. The van der Waals surface area contributed by atoms with Crippen LogP contribution in [0.3, 0.4) is 0 Å². The average Bonchev–Trinajstić information content (AvgIpc) is 2.65. The third-order valence-corrected chi connectivity index (χ3v) is 8.95. The highest BCUT2D eigenvalue weighted by molar-refractivity contribution is 7.88. The molecule has 30 heavy (non-hydrogen) atoms. The Balaban J connectivity index is 2.38. The van der Waals surface area contributed by atoms with Gasteiger partial charge in [0.15, 0.2) is 0 Å². The fraction of sp³-hybridized carbons (Fsp3) is 0.250. The molecule has 3 rings (SSSR count). The van der Waals surface area contributed by atoms with E-state index in [1.165, 1.54) is 11.6 Å². The smallest absolute Gasteiger partial charge is 0.295 e. The number of aryl methyl sites for hydroxylation is 4. The Kier molecular flexibility index (Phi) is 6.37. The number of methoxy groups -OCH3 is 1. The van der Waals surface area contributed by atoms with Crippen LogP contribution >= 0.6 is 7.92 Å². The number of benzene rings is 3.